The number of carbonyl (C=O) groups excluding carboxylic acids is 1. The molecule has 5 nitrogen and oxygen atoms in total. The van der Waals surface area contributed by atoms with Gasteiger partial charge in [0.1, 0.15) is 24.3 Å². The first-order valence-electron chi connectivity index (χ1n) is 7.20. The maximum absolute atomic E-state index is 13.1. The Morgan fingerprint density at radius 3 is 3.00 bits per heavy atom. The molecule has 0 N–H and O–H groups in total. The summed E-state index contributed by atoms with van der Waals surface area (Å²) in [5.74, 6) is 0.0534. The van der Waals surface area contributed by atoms with Gasteiger partial charge in [0.25, 0.3) is 0 Å². The molecule has 0 radical (unpaired) electrons. The molecule has 2 heterocycles. The lowest BCUT2D eigenvalue weighted by Gasteiger charge is -2.13. The fraction of sp³-hybridized carbons (Fsp3) is 0.176. The van der Waals surface area contributed by atoms with Crippen LogP contribution in [0.5, 0.6) is 5.75 Å². The summed E-state index contributed by atoms with van der Waals surface area (Å²) in [6.07, 6.45) is 1.04. The molecule has 0 saturated carbocycles. The van der Waals surface area contributed by atoms with Crippen LogP contribution in [0.15, 0.2) is 52.5 Å². The third-order valence-electron chi connectivity index (χ3n) is 3.03. The fourth-order valence-electron chi connectivity index (χ4n) is 1.93. The molecule has 0 saturated heterocycles. The number of esters is 1. The van der Waals surface area contributed by atoms with Crippen molar-refractivity contribution in [3.63, 3.8) is 0 Å². The van der Waals surface area contributed by atoms with Crippen molar-refractivity contribution in [2.75, 3.05) is 6.61 Å². The zero-order valence-electron chi connectivity index (χ0n) is 12.8. The normalized spacial score (nSPS) is 11.9. The molecule has 0 aliphatic carbocycles. The molecule has 1 unspecified atom stereocenters. The predicted octanol–water partition coefficient (Wildman–Crippen LogP) is 4.17. The minimum Gasteiger partial charge on any atom is -0.490 e. The Bertz CT molecular complexity index is 816. The Labute approximate surface area is 141 Å². The van der Waals surface area contributed by atoms with Gasteiger partial charge in [-0.3, -0.25) is 0 Å². The molecular weight excluding hydrogens is 333 g/mol. The van der Waals surface area contributed by atoms with E-state index in [2.05, 4.69) is 4.98 Å². The van der Waals surface area contributed by atoms with Crippen molar-refractivity contribution in [1.29, 1.82) is 0 Å². The van der Waals surface area contributed by atoms with E-state index in [4.69, 9.17) is 13.9 Å². The number of halogens is 1. The summed E-state index contributed by atoms with van der Waals surface area (Å²) < 4.78 is 29.0. The summed E-state index contributed by atoms with van der Waals surface area (Å²) in [5, 5.41) is 2.22. The first-order valence-corrected chi connectivity index (χ1v) is 8.08. The molecule has 0 amide bonds. The van der Waals surface area contributed by atoms with Gasteiger partial charge in [0.05, 0.1) is 6.26 Å². The average Bonchev–Trinajstić information content (AvgIpc) is 3.24. The maximum atomic E-state index is 13.1. The van der Waals surface area contributed by atoms with Crippen LogP contribution in [0.25, 0.3) is 10.8 Å². The summed E-state index contributed by atoms with van der Waals surface area (Å²) in [6.45, 7) is 1.81. The van der Waals surface area contributed by atoms with Crippen LogP contribution < -0.4 is 4.74 Å². The molecule has 0 aliphatic heterocycles. The van der Waals surface area contributed by atoms with E-state index < -0.39 is 12.1 Å². The summed E-state index contributed by atoms with van der Waals surface area (Å²) in [6, 6.07) is 9.30. The highest BCUT2D eigenvalue weighted by Gasteiger charge is 2.17. The number of carbonyl (C=O) groups is 1. The Hall–Kier alpha value is -2.67. The molecular formula is C17H14FNO4S. The lowest BCUT2D eigenvalue weighted by molar-refractivity contribution is 0.0222. The van der Waals surface area contributed by atoms with Gasteiger partial charge >= 0.3 is 5.97 Å². The lowest BCUT2D eigenvalue weighted by atomic mass is 10.3. The first-order chi connectivity index (χ1) is 11.6. The van der Waals surface area contributed by atoms with Crippen LogP contribution in [-0.2, 0) is 4.74 Å². The second kappa shape index (κ2) is 7.27. The molecule has 7 heteroatoms. The van der Waals surface area contributed by atoms with Gasteiger partial charge in [-0.2, -0.15) is 0 Å². The maximum Gasteiger partial charge on any atom is 0.358 e. The Morgan fingerprint density at radius 1 is 1.38 bits per heavy atom. The van der Waals surface area contributed by atoms with E-state index in [-0.39, 0.29) is 18.1 Å². The number of benzene rings is 1. The average molecular weight is 347 g/mol. The van der Waals surface area contributed by atoms with Crippen molar-refractivity contribution in [2.45, 2.75) is 13.0 Å². The Kier molecular flexibility index (Phi) is 4.90. The van der Waals surface area contributed by atoms with Crippen molar-refractivity contribution in [1.82, 2.24) is 4.98 Å². The van der Waals surface area contributed by atoms with Crippen molar-refractivity contribution in [3.05, 3.63) is 59.6 Å². The zero-order chi connectivity index (χ0) is 16.9. The van der Waals surface area contributed by atoms with Gasteiger partial charge in [0.15, 0.2) is 16.5 Å². The molecule has 124 valence electrons. The van der Waals surface area contributed by atoms with Crippen LogP contribution in [0.3, 0.4) is 0 Å². The van der Waals surface area contributed by atoms with Gasteiger partial charge in [0, 0.05) is 11.4 Å². The van der Waals surface area contributed by atoms with Gasteiger partial charge < -0.3 is 13.9 Å². The lowest BCUT2D eigenvalue weighted by Crippen LogP contribution is -2.22. The summed E-state index contributed by atoms with van der Waals surface area (Å²) >= 11 is 1.30. The van der Waals surface area contributed by atoms with E-state index in [9.17, 15) is 9.18 Å². The largest absolute Gasteiger partial charge is 0.490 e. The Balaban J connectivity index is 1.54. The van der Waals surface area contributed by atoms with Crippen LogP contribution in [0, 0.1) is 5.82 Å². The van der Waals surface area contributed by atoms with E-state index in [1.54, 1.807) is 42.8 Å². The van der Waals surface area contributed by atoms with E-state index >= 15 is 0 Å². The molecule has 1 aromatic carbocycles. The molecule has 24 heavy (non-hydrogen) atoms. The number of aromatic nitrogens is 1. The molecule has 0 bridgehead atoms. The molecule has 0 fully saturated rings. The highest BCUT2D eigenvalue weighted by molar-refractivity contribution is 7.13. The minimum atomic E-state index is -0.542. The number of hydrogen-bond acceptors (Lipinski definition) is 6. The quantitative estimate of drug-likeness (QED) is 0.626. The number of thiazole rings is 1. The van der Waals surface area contributed by atoms with E-state index in [0.717, 1.165) is 0 Å². The van der Waals surface area contributed by atoms with Crippen LogP contribution in [0.4, 0.5) is 4.39 Å². The van der Waals surface area contributed by atoms with Crippen molar-refractivity contribution in [3.8, 4) is 16.5 Å². The van der Waals surface area contributed by atoms with Gasteiger partial charge in [0.2, 0.25) is 0 Å². The number of nitrogens with zero attached hydrogens (tertiary/aromatic N) is 1. The van der Waals surface area contributed by atoms with Crippen molar-refractivity contribution in [2.24, 2.45) is 0 Å². The first kappa shape index (κ1) is 16.2. The third kappa shape index (κ3) is 3.99. The number of furan rings is 1. The van der Waals surface area contributed by atoms with Crippen LogP contribution in [0.2, 0.25) is 0 Å². The van der Waals surface area contributed by atoms with Crippen molar-refractivity contribution >= 4 is 17.3 Å². The molecule has 3 rings (SSSR count). The van der Waals surface area contributed by atoms with E-state index in [1.165, 1.54) is 23.5 Å². The summed E-state index contributed by atoms with van der Waals surface area (Å²) in [4.78, 5) is 16.3. The molecule has 0 aliphatic rings. The smallest absolute Gasteiger partial charge is 0.358 e. The number of rotatable bonds is 6. The Morgan fingerprint density at radius 2 is 2.25 bits per heavy atom. The van der Waals surface area contributed by atoms with Gasteiger partial charge in [-0.15, -0.1) is 11.3 Å². The second-order valence-electron chi connectivity index (χ2n) is 5.00. The van der Waals surface area contributed by atoms with Gasteiger partial charge in [-0.1, -0.05) is 6.07 Å². The second-order valence-corrected chi connectivity index (χ2v) is 5.86. The summed E-state index contributed by atoms with van der Waals surface area (Å²) in [7, 11) is 0. The zero-order valence-corrected chi connectivity index (χ0v) is 13.6. The molecule has 2 aromatic heterocycles. The van der Waals surface area contributed by atoms with Crippen LogP contribution >= 0.6 is 11.3 Å². The van der Waals surface area contributed by atoms with Crippen molar-refractivity contribution < 1.29 is 23.1 Å². The monoisotopic (exact) mass is 347 g/mol. The molecule has 3 aromatic rings. The van der Waals surface area contributed by atoms with E-state index in [1.807, 2.05) is 0 Å². The fourth-order valence-corrected chi connectivity index (χ4v) is 2.68. The standard InChI is InChI=1S/C17H14FNO4S/c1-11(9-22-13-5-2-4-12(18)8-13)23-17(20)14-10-24-16(19-14)15-6-3-7-21-15/h2-8,10-11H,9H2,1H3. The SMILES string of the molecule is CC(COc1cccc(F)c1)OC(=O)c1csc(-c2ccco2)n1. The predicted molar refractivity (Wildman–Crippen MR) is 86.6 cm³/mol. The van der Waals surface area contributed by atoms with Crippen LogP contribution in [-0.4, -0.2) is 23.7 Å². The third-order valence-corrected chi connectivity index (χ3v) is 3.89. The molecule has 0 spiro atoms. The van der Waals surface area contributed by atoms with Gasteiger partial charge in [-0.05, 0) is 31.2 Å². The number of hydrogen-bond donors (Lipinski definition) is 0. The number of ether oxygens (including phenoxy) is 2. The minimum absolute atomic E-state index is 0.115. The van der Waals surface area contributed by atoms with Gasteiger partial charge in [-0.25, -0.2) is 14.2 Å². The molecule has 1 atom stereocenters. The van der Waals surface area contributed by atoms with E-state index in [0.29, 0.717) is 16.5 Å². The van der Waals surface area contributed by atoms with Crippen LogP contribution in [0.1, 0.15) is 17.4 Å². The highest BCUT2D eigenvalue weighted by Crippen LogP contribution is 2.24. The summed E-state index contributed by atoms with van der Waals surface area (Å²) in [5.41, 5.74) is 0.212. The highest BCUT2D eigenvalue weighted by atomic mass is 32.1. The topological polar surface area (TPSA) is 61.6 Å².